The molecule has 0 bridgehead atoms. The van der Waals surface area contributed by atoms with Crippen LogP contribution in [0, 0.1) is 18.8 Å². The molecule has 0 atom stereocenters. The highest BCUT2D eigenvalue weighted by molar-refractivity contribution is 6.32. The van der Waals surface area contributed by atoms with Gasteiger partial charge in [-0.2, -0.15) is 0 Å². The minimum absolute atomic E-state index is 0.370. The Balaban J connectivity index is 2.80. The zero-order valence-corrected chi connectivity index (χ0v) is 9.62. The number of hydrogen-bond acceptors (Lipinski definition) is 2. The molecule has 0 aliphatic heterocycles. The van der Waals surface area contributed by atoms with Gasteiger partial charge in [0.1, 0.15) is 0 Å². The Kier molecular flexibility index (Phi) is 4.53. The van der Waals surface area contributed by atoms with Crippen LogP contribution in [-0.4, -0.2) is 6.54 Å². The summed E-state index contributed by atoms with van der Waals surface area (Å²) >= 11 is 5.98. The van der Waals surface area contributed by atoms with Gasteiger partial charge in [0.05, 0.1) is 5.02 Å². The summed E-state index contributed by atoms with van der Waals surface area (Å²) in [4.78, 5) is 2.64. The smallest absolute Gasteiger partial charge is 0.0583 e. The van der Waals surface area contributed by atoms with Gasteiger partial charge in [0.25, 0.3) is 0 Å². The van der Waals surface area contributed by atoms with E-state index in [4.69, 9.17) is 22.9 Å². The number of halogens is 1. The van der Waals surface area contributed by atoms with Gasteiger partial charge in [-0.15, -0.1) is 0 Å². The zero-order chi connectivity index (χ0) is 12.0. The Morgan fingerprint density at radius 3 is 3.00 bits per heavy atom. The van der Waals surface area contributed by atoms with E-state index in [0.717, 1.165) is 11.1 Å². The lowest BCUT2D eigenvalue weighted by Gasteiger charge is -2.02. The van der Waals surface area contributed by atoms with Crippen molar-refractivity contribution in [2.24, 2.45) is 5.11 Å². The molecule has 0 heterocycles. The van der Waals surface area contributed by atoms with Crippen LogP contribution in [0.15, 0.2) is 17.2 Å². The molecule has 1 rings (SSSR count). The van der Waals surface area contributed by atoms with E-state index in [-0.39, 0.29) is 0 Å². The first-order valence-electron chi connectivity index (χ1n) is 4.70. The molecule has 0 aliphatic rings. The van der Waals surface area contributed by atoms with Gasteiger partial charge in [-0.25, -0.2) is 0 Å². The number of benzene rings is 1. The normalized spacial score (nSPS) is 8.88. The van der Waals surface area contributed by atoms with Crippen molar-refractivity contribution in [3.63, 3.8) is 0 Å². The van der Waals surface area contributed by atoms with Crippen LogP contribution in [0.25, 0.3) is 10.4 Å². The number of hydrogen-bond donors (Lipinski definition) is 1. The minimum atomic E-state index is 0.370. The zero-order valence-electron chi connectivity index (χ0n) is 8.87. The molecule has 0 aromatic heterocycles. The predicted molar refractivity (Wildman–Crippen MR) is 66.1 cm³/mol. The third-order valence-corrected chi connectivity index (χ3v) is 2.29. The van der Waals surface area contributed by atoms with Crippen LogP contribution in [0.3, 0.4) is 0 Å². The van der Waals surface area contributed by atoms with Crippen LogP contribution in [0.5, 0.6) is 0 Å². The van der Waals surface area contributed by atoms with Gasteiger partial charge in [0.2, 0.25) is 0 Å². The second-order valence-electron chi connectivity index (χ2n) is 3.19. The number of nitrogens with zero attached hydrogens (tertiary/aromatic N) is 3. The van der Waals surface area contributed by atoms with Gasteiger partial charge in [-0.1, -0.05) is 28.6 Å². The molecule has 0 aliphatic carbocycles. The van der Waals surface area contributed by atoms with E-state index in [0.29, 0.717) is 23.7 Å². The number of rotatable bonds is 2. The summed E-state index contributed by atoms with van der Waals surface area (Å²) in [5.41, 5.74) is 16.1. The fourth-order valence-electron chi connectivity index (χ4n) is 1.10. The van der Waals surface area contributed by atoms with E-state index in [9.17, 15) is 0 Å². The predicted octanol–water partition coefficient (Wildman–Crippen LogP) is 3.28. The average Bonchev–Trinajstić information content (AvgIpc) is 2.25. The number of anilines is 1. The highest BCUT2D eigenvalue weighted by atomic mass is 35.5. The van der Waals surface area contributed by atoms with E-state index in [1.165, 1.54) is 0 Å². The standard InChI is InChI=1S/C11H11ClN4/c1-8-6-9(10(12)7-11(8)13)4-2-3-5-15-16-14/h6-7H,3,5,13H2,1H3. The van der Waals surface area contributed by atoms with Gasteiger partial charge in [0, 0.05) is 29.1 Å². The topological polar surface area (TPSA) is 74.8 Å². The van der Waals surface area contributed by atoms with Gasteiger partial charge in [0.15, 0.2) is 0 Å². The van der Waals surface area contributed by atoms with E-state index in [1.54, 1.807) is 6.07 Å². The SMILES string of the molecule is Cc1cc(C#CCCN=[N+]=[N-])c(Cl)cc1N. The fourth-order valence-corrected chi connectivity index (χ4v) is 1.32. The lowest BCUT2D eigenvalue weighted by Crippen LogP contribution is -1.91. The molecular weight excluding hydrogens is 224 g/mol. The average molecular weight is 235 g/mol. The van der Waals surface area contributed by atoms with Crippen LogP contribution in [0.4, 0.5) is 5.69 Å². The lowest BCUT2D eigenvalue weighted by molar-refractivity contribution is 1.01. The third-order valence-electron chi connectivity index (χ3n) is 1.98. The summed E-state index contributed by atoms with van der Waals surface area (Å²) in [7, 11) is 0. The van der Waals surface area contributed by atoms with E-state index in [1.807, 2.05) is 13.0 Å². The molecule has 4 nitrogen and oxygen atoms in total. The summed E-state index contributed by atoms with van der Waals surface area (Å²) in [5, 5.41) is 3.92. The quantitative estimate of drug-likeness (QED) is 0.209. The first-order valence-corrected chi connectivity index (χ1v) is 5.08. The molecule has 0 spiro atoms. The fraction of sp³-hybridized carbons (Fsp3) is 0.273. The van der Waals surface area contributed by atoms with Crippen molar-refractivity contribution < 1.29 is 0 Å². The molecule has 0 amide bonds. The molecule has 0 radical (unpaired) electrons. The Labute approximate surface area is 99.0 Å². The first-order chi connectivity index (χ1) is 7.65. The maximum absolute atomic E-state index is 8.07. The number of aryl methyl sites for hydroxylation is 1. The Morgan fingerprint density at radius 2 is 2.31 bits per heavy atom. The minimum Gasteiger partial charge on any atom is -0.398 e. The Morgan fingerprint density at radius 1 is 1.56 bits per heavy atom. The van der Waals surface area contributed by atoms with Gasteiger partial charge in [-0.05, 0) is 30.2 Å². The second-order valence-corrected chi connectivity index (χ2v) is 3.60. The molecule has 1 aromatic carbocycles. The number of azide groups is 1. The van der Waals surface area contributed by atoms with Crippen LogP contribution in [-0.2, 0) is 0 Å². The molecule has 0 saturated heterocycles. The van der Waals surface area contributed by atoms with Gasteiger partial charge in [-0.3, -0.25) is 0 Å². The van der Waals surface area contributed by atoms with E-state index in [2.05, 4.69) is 21.9 Å². The van der Waals surface area contributed by atoms with Crippen molar-refractivity contribution in [2.45, 2.75) is 13.3 Å². The highest BCUT2D eigenvalue weighted by Gasteiger charge is 2.00. The molecule has 0 fully saturated rings. The molecule has 82 valence electrons. The highest BCUT2D eigenvalue weighted by Crippen LogP contribution is 2.21. The van der Waals surface area contributed by atoms with E-state index >= 15 is 0 Å². The Hall–Kier alpha value is -1.82. The maximum atomic E-state index is 8.07. The summed E-state index contributed by atoms with van der Waals surface area (Å²) in [5.74, 6) is 5.80. The molecule has 16 heavy (non-hydrogen) atoms. The molecular formula is C11H11ClN4. The van der Waals surface area contributed by atoms with Crippen LogP contribution >= 0.6 is 11.6 Å². The van der Waals surface area contributed by atoms with Crippen LogP contribution in [0.2, 0.25) is 5.02 Å². The largest absolute Gasteiger partial charge is 0.398 e. The van der Waals surface area contributed by atoms with Crippen molar-refractivity contribution in [2.75, 3.05) is 12.3 Å². The van der Waals surface area contributed by atoms with Gasteiger partial charge >= 0.3 is 0 Å². The maximum Gasteiger partial charge on any atom is 0.0583 e. The number of nitrogens with two attached hydrogens (primary N) is 1. The van der Waals surface area contributed by atoms with Crippen molar-refractivity contribution in [1.82, 2.24) is 0 Å². The Bertz CT molecular complexity index is 493. The number of nitrogen functional groups attached to an aromatic ring is 1. The summed E-state index contributed by atoms with van der Waals surface area (Å²) < 4.78 is 0. The molecule has 0 unspecified atom stereocenters. The van der Waals surface area contributed by atoms with Gasteiger partial charge < -0.3 is 5.73 Å². The second kappa shape index (κ2) is 5.92. The van der Waals surface area contributed by atoms with Crippen molar-refractivity contribution in [1.29, 1.82) is 0 Å². The van der Waals surface area contributed by atoms with Crippen molar-refractivity contribution >= 4 is 17.3 Å². The monoisotopic (exact) mass is 234 g/mol. The molecule has 2 N–H and O–H groups in total. The van der Waals surface area contributed by atoms with Crippen molar-refractivity contribution in [3.05, 3.63) is 38.7 Å². The molecule has 0 saturated carbocycles. The summed E-state index contributed by atoms with van der Waals surface area (Å²) in [6, 6.07) is 3.53. The third kappa shape index (κ3) is 3.39. The molecule has 5 heteroatoms. The van der Waals surface area contributed by atoms with Crippen LogP contribution in [0.1, 0.15) is 17.5 Å². The summed E-state index contributed by atoms with van der Waals surface area (Å²) in [6.07, 6.45) is 0.518. The molecule has 1 aromatic rings. The lowest BCUT2D eigenvalue weighted by atomic mass is 10.1. The van der Waals surface area contributed by atoms with Crippen molar-refractivity contribution in [3.8, 4) is 11.8 Å². The summed E-state index contributed by atoms with van der Waals surface area (Å²) in [6.45, 7) is 2.27. The first kappa shape index (κ1) is 12.3. The van der Waals surface area contributed by atoms with Crippen LogP contribution < -0.4 is 5.73 Å². The van der Waals surface area contributed by atoms with E-state index < -0.39 is 0 Å².